The fourth-order valence-electron chi connectivity index (χ4n) is 2.33. The Morgan fingerprint density at radius 1 is 1.47 bits per heavy atom. The summed E-state index contributed by atoms with van der Waals surface area (Å²) in [5, 5.41) is 0. The average molecular weight is 272 g/mol. The Morgan fingerprint density at radius 2 is 2.21 bits per heavy atom. The van der Waals surface area contributed by atoms with E-state index < -0.39 is 18.0 Å². The van der Waals surface area contributed by atoms with Gasteiger partial charge in [-0.05, 0) is 20.8 Å². The van der Waals surface area contributed by atoms with Crippen molar-refractivity contribution in [2.45, 2.75) is 45.1 Å². The van der Waals surface area contributed by atoms with Crippen LogP contribution in [0.1, 0.15) is 20.8 Å². The van der Waals surface area contributed by atoms with Gasteiger partial charge in [0.15, 0.2) is 12.1 Å². The minimum absolute atomic E-state index is 0.234. The normalized spacial score (nSPS) is 35.2. The first kappa shape index (κ1) is 14.5. The summed E-state index contributed by atoms with van der Waals surface area (Å²) in [4.78, 5) is 11.6. The number of hydrogen-bond donors (Lipinski definition) is 0. The smallest absolute Gasteiger partial charge is 0.330 e. The van der Waals surface area contributed by atoms with Gasteiger partial charge >= 0.3 is 5.97 Å². The lowest BCUT2D eigenvalue weighted by Crippen LogP contribution is -2.42. The van der Waals surface area contributed by atoms with E-state index >= 15 is 0 Å². The molecule has 2 rings (SSSR count). The maximum atomic E-state index is 11.6. The molecule has 6 nitrogen and oxygen atoms in total. The van der Waals surface area contributed by atoms with Crippen LogP contribution in [-0.4, -0.2) is 50.6 Å². The third kappa shape index (κ3) is 3.14. The summed E-state index contributed by atoms with van der Waals surface area (Å²) in [6.07, 6.45) is 0.183. The Bertz CT molecular complexity index is 375. The van der Waals surface area contributed by atoms with E-state index in [9.17, 15) is 4.79 Å². The van der Waals surface area contributed by atoms with Gasteiger partial charge in [0.05, 0.1) is 13.2 Å². The van der Waals surface area contributed by atoms with Gasteiger partial charge in [-0.3, -0.25) is 0 Å². The molecule has 19 heavy (non-hydrogen) atoms. The molecule has 0 radical (unpaired) electrons. The first-order valence-corrected chi connectivity index (χ1v) is 6.35. The quantitative estimate of drug-likeness (QED) is 0.564. The zero-order chi connectivity index (χ0) is 14.0. The van der Waals surface area contributed by atoms with Gasteiger partial charge < -0.3 is 23.7 Å². The fourth-order valence-corrected chi connectivity index (χ4v) is 2.33. The fraction of sp³-hybridized carbons (Fsp3) is 0.769. The lowest BCUT2D eigenvalue weighted by molar-refractivity contribution is -0.158. The van der Waals surface area contributed by atoms with Crippen LogP contribution in [-0.2, 0) is 28.5 Å². The zero-order valence-corrected chi connectivity index (χ0v) is 11.7. The largest absolute Gasteiger partial charge is 0.463 e. The Morgan fingerprint density at radius 3 is 2.84 bits per heavy atom. The Kier molecular flexibility index (Phi) is 4.25. The Hall–Kier alpha value is -0.950. The molecule has 0 amide bonds. The monoisotopic (exact) mass is 272 g/mol. The van der Waals surface area contributed by atoms with Gasteiger partial charge in [-0.15, -0.1) is 0 Å². The van der Waals surface area contributed by atoms with Crippen molar-refractivity contribution in [2.75, 3.05) is 20.3 Å². The second-order valence-electron chi connectivity index (χ2n) is 4.89. The maximum Gasteiger partial charge on any atom is 0.330 e. The predicted octanol–water partition coefficient (Wildman–Crippen LogP) is 0.999. The van der Waals surface area contributed by atoms with E-state index in [1.165, 1.54) is 13.2 Å². The van der Waals surface area contributed by atoms with Crippen LogP contribution in [0, 0.1) is 0 Å². The number of carbonyl (C=O) groups is 1. The molecular weight excluding hydrogens is 252 g/mol. The van der Waals surface area contributed by atoms with Crippen molar-refractivity contribution < 1.29 is 28.5 Å². The van der Waals surface area contributed by atoms with Crippen molar-refractivity contribution in [3.63, 3.8) is 0 Å². The summed E-state index contributed by atoms with van der Waals surface area (Å²) in [7, 11) is 1.52. The molecule has 0 N–H and O–H groups in total. The van der Waals surface area contributed by atoms with Gasteiger partial charge in [-0.1, -0.05) is 0 Å². The number of ether oxygens (including phenoxy) is 5. The van der Waals surface area contributed by atoms with E-state index in [1.54, 1.807) is 6.92 Å². The van der Waals surface area contributed by atoms with Gasteiger partial charge in [0, 0.05) is 18.8 Å². The molecule has 0 spiro atoms. The number of rotatable bonds is 3. The van der Waals surface area contributed by atoms with E-state index in [2.05, 4.69) is 0 Å². The summed E-state index contributed by atoms with van der Waals surface area (Å²) in [6.45, 7) is 6.09. The van der Waals surface area contributed by atoms with E-state index in [-0.39, 0.29) is 12.2 Å². The summed E-state index contributed by atoms with van der Waals surface area (Å²) in [5.41, 5.74) is 0.600. The number of fused-ring (bicyclic) bond motifs is 1. The van der Waals surface area contributed by atoms with Crippen molar-refractivity contribution in [1.82, 2.24) is 0 Å². The van der Waals surface area contributed by atoms with Crippen molar-refractivity contribution >= 4 is 5.97 Å². The van der Waals surface area contributed by atoms with E-state index in [0.29, 0.717) is 18.8 Å². The highest BCUT2D eigenvalue weighted by atomic mass is 16.8. The van der Waals surface area contributed by atoms with Crippen LogP contribution in [0.5, 0.6) is 0 Å². The van der Waals surface area contributed by atoms with E-state index in [1.807, 2.05) is 13.8 Å². The SMILES string of the molecule is CCOC(=O)/C=C1/[C@@H](OC)OC[C@@H]2OC(C)(C)O[C@H]12. The van der Waals surface area contributed by atoms with Crippen molar-refractivity contribution in [3.05, 3.63) is 11.6 Å². The molecule has 0 aromatic rings. The summed E-state index contributed by atoms with van der Waals surface area (Å²) >= 11 is 0. The molecule has 2 aliphatic rings. The van der Waals surface area contributed by atoms with Gasteiger partial charge in [0.25, 0.3) is 0 Å². The molecule has 0 aromatic carbocycles. The second kappa shape index (κ2) is 5.58. The van der Waals surface area contributed by atoms with Crippen LogP contribution >= 0.6 is 0 Å². The number of carbonyl (C=O) groups excluding carboxylic acids is 1. The van der Waals surface area contributed by atoms with E-state index in [4.69, 9.17) is 23.7 Å². The zero-order valence-electron chi connectivity index (χ0n) is 11.7. The van der Waals surface area contributed by atoms with Gasteiger partial charge in [-0.25, -0.2) is 4.79 Å². The van der Waals surface area contributed by atoms with Crippen LogP contribution in [0.4, 0.5) is 0 Å². The lowest BCUT2D eigenvalue weighted by atomic mass is 10.0. The number of methoxy groups -OCH3 is 1. The highest BCUT2D eigenvalue weighted by molar-refractivity contribution is 5.83. The molecule has 0 unspecified atom stereocenters. The molecule has 0 aliphatic carbocycles. The highest BCUT2D eigenvalue weighted by Crippen LogP contribution is 2.37. The van der Waals surface area contributed by atoms with Crippen LogP contribution in [0.25, 0.3) is 0 Å². The van der Waals surface area contributed by atoms with E-state index in [0.717, 1.165) is 0 Å². The van der Waals surface area contributed by atoms with Gasteiger partial charge in [-0.2, -0.15) is 0 Å². The average Bonchev–Trinajstić information content (AvgIpc) is 2.64. The first-order valence-electron chi connectivity index (χ1n) is 6.35. The summed E-state index contributed by atoms with van der Waals surface area (Å²) in [6, 6.07) is 0. The van der Waals surface area contributed by atoms with Crippen LogP contribution in [0.3, 0.4) is 0 Å². The molecule has 0 bridgehead atoms. The molecule has 2 heterocycles. The van der Waals surface area contributed by atoms with Crippen LogP contribution in [0.2, 0.25) is 0 Å². The molecule has 0 saturated carbocycles. The molecular formula is C13H20O6. The van der Waals surface area contributed by atoms with Crippen LogP contribution < -0.4 is 0 Å². The summed E-state index contributed by atoms with van der Waals surface area (Å²) in [5.74, 6) is -1.13. The topological polar surface area (TPSA) is 63.2 Å². The van der Waals surface area contributed by atoms with Crippen molar-refractivity contribution in [1.29, 1.82) is 0 Å². The van der Waals surface area contributed by atoms with Crippen molar-refractivity contribution in [3.8, 4) is 0 Å². The predicted molar refractivity (Wildman–Crippen MR) is 65.3 cm³/mol. The molecule has 108 valence electrons. The summed E-state index contributed by atoms with van der Waals surface area (Å²) < 4.78 is 27.2. The Balaban J connectivity index is 2.22. The maximum absolute atomic E-state index is 11.6. The molecule has 0 aromatic heterocycles. The molecule has 3 atom stereocenters. The third-order valence-corrected chi connectivity index (χ3v) is 2.98. The van der Waals surface area contributed by atoms with Gasteiger partial charge in [0.1, 0.15) is 12.2 Å². The molecule has 6 heteroatoms. The first-order chi connectivity index (χ1) is 8.96. The standard InChI is InChI=1S/C13H20O6/c1-5-16-10(14)6-8-11-9(7-17-12(8)15-4)18-13(2,3)19-11/h6,9,11-12H,5,7H2,1-4H3/b8-6+/t9-,11+,12-/m0/s1. The number of esters is 1. The van der Waals surface area contributed by atoms with Crippen LogP contribution in [0.15, 0.2) is 11.6 Å². The second-order valence-corrected chi connectivity index (χ2v) is 4.89. The lowest BCUT2D eigenvalue weighted by Gasteiger charge is -2.31. The Labute approximate surface area is 112 Å². The highest BCUT2D eigenvalue weighted by Gasteiger charge is 2.48. The minimum atomic E-state index is -0.699. The molecule has 2 aliphatic heterocycles. The molecule has 2 saturated heterocycles. The van der Waals surface area contributed by atoms with Crippen molar-refractivity contribution in [2.24, 2.45) is 0 Å². The molecule has 2 fully saturated rings. The minimum Gasteiger partial charge on any atom is -0.463 e. The van der Waals surface area contributed by atoms with Gasteiger partial charge in [0.2, 0.25) is 0 Å². The third-order valence-electron chi connectivity index (χ3n) is 2.98. The number of hydrogen-bond acceptors (Lipinski definition) is 6.